The number of aldehydes is 1. The lowest BCUT2D eigenvalue weighted by Crippen LogP contribution is -2.52. The molecule has 0 aromatic rings. The third-order valence-corrected chi connectivity index (χ3v) is 3.78. The van der Waals surface area contributed by atoms with Gasteiger partial charge in [0.25, 0.3) is 0 Å². The normalized spacial score (nSPS) is 32.9. The van der Waals surface area contributed by atoms with Gasteiger partial charge in [-0.2, -0.15) is 0 Å². The van der Waals surface area contributed by atoms with Gasteiger partial charge in [0.2, 0.25) is 0 Å². The first-order chi connectivity index (χ1) is 7.83. The third-order valence-electron chi connectivity index (χ3n) is 3.78. The van der Waals surface area contributed by atoms with E-state index in [1.807, 2.05) is 20.8 Å². The summed E-state index contributed by atoms with van der Waals surface area (Å²) in [5.41, 5.74) is -0.430. The van der Waals surface area contributed by atoms with Gasteiger partial charge in [0, 0.05) is 19.0 Å². The topological polar surface area (TPSA) is 46.6 Å². The van der Waals surface area contributed by atoms with Crippen LogP contribution in [0.4, 0.5) is 4.79 Å². The Hall–Kier alpha value is -1.06. The van der Waals surface area contributed by atoms with Gasteiger partial charge in [-0.3, -0.25) is 0 Å². The minimum atomic E-state index is -0.430. The van der Waals surface area contributed by atoms with Crippen molar-refractivity contribution in [3.8, 4) is 0 Å². The number of likely N-dealkylation sites (tertiary alicyclic amines) is 1. The van der Waals surface area contributed by atoms with Crippen molar-refractivity contribution in [2.75, 3.05) is 13.1 Å². The van der Waals surface area contributed by atoms with Crippen molar-refractivity contribution < 1.29 is 14.3 Å². The van der Waals surface area contributed by atoms with Crippen LogP contribution in [0, 0.1) is 23.7 Å². The second-order valence-electron chi connectivity index (χ2n) is 6.30. The summed E-state index contributed by atoms with van der Waals surface area (Å²) in [6.45, 7) is 9.21. The molecule has 0 aromatic carbocycles. The lowest BCUT2D eigenvalue weighted by atomic mass is 9.93. The van der Waals surface area contributed by atoms with Crippen molar-refractivity contribution in [1.29, 1.82) is 0 Å². The Kier molecular flexibility index (Phi) is 2.92. The third kappa shape index (κ3) is 2.45. The maximum absolute atomic E-state index is 11.7. The average molecular weight is 239 g/mol. The highest BCUT2D eigenvalue weighted by Gasteiger charge is 2.54. The largest absolute Gasteiger partial charge is 0.444 e. The zero-order valence-corrected chi connectivity index (χ0v) is 11.0. The summed E-state index contributed by atoms with van der Waals surface area (Å²) in [5.74, 6) is 1.71. The van der Waals surface area contributed by atoms with Crippen LogP contribution < -0.4 is 0 Å². The van der Waals surface area contributed by atoms with E-state index in [0.717, 1.165) is 19.4 Å². The number of nitrogens with zero attached hydrogens (tertiary/aromatic N) is 1. The molecule has 1 heterocycles. The van der Waals surface area contributed by atoms with Gasteiger partial charge < -0.3 is 14.4 Å². The molecular weight excluding hydrogens is 218 g/mol. The highest BCUT2D eigenvalue weighted by molar-refractivity contribution is 5.69. The van der Waals surface area contributed by atoms with Crippen LogP contribution in [0.2, 0.25) is 0 Å². The molecule has 0 aromatic heterocycles. The van der Waals surface area contributed by atoms with E-state index in [2.05, 4.69) is 6.92 Å². The number of carbonyl (C=O) groups excluding carboxylic acids is 2. The molecule has 1 saturated heterocycles. The van der Waals surface area contributed by atoms with E-state index in [1.54, 1.807) is 4.90 Å². The van der Waals surface area contributed by atoms with Crippen LogP contribution in [0.3, 0.4) is 0 Å². The zero-order valence-electron chi connectivity index (χ0n) is 11.0. The van der Waals surface area contributed by atoms with Gasteiger partial charge in [-0.1, -0.05) is 6.92 Å². The fraction of sp³-hybridized carbons (Fsp3) is 0.846. The summed E-state index contributed by atoms with van der Waals surface area (Å²) in [4.78, 5) is 24.2. The van der Waals surface area contributed by atoms with Crippen molar-refractivity contribution in [2.24, 2.45) is 23.7 Å². The van der Waals surface area contributed by atoms with E-state index in [-0.39, 0.29) is 12.0 Å². The summed E-state index contributed by atoms with van der Waals surface area (Å²) in [7, 11) is 0. The van der Waals surface area contributed by atoms with Gasteiger partial charge in [0.15, 0.2) is 0 Å². The summed E-state index contributed by atoms with van der Waals surface area (Å²) >= 11 is 0. The van der Waals surface area contributed by atoms with Crippen LogP contribution in [0.5, 0.6) is 0 Å². The van der Waals surface area contributed by atoms with E-state index in [1.165, 1.54) is 0 Å². The molecule has 1 aliphatic heterocycles. The predicted octanol–water partition coefficient (Wildman–Crippen LogP) is 1.93. The standard InChI is InChI=1S/C13H21NO3/c1-8-10(7-15)11(8)9-5-14(6-9)12(16)17-13(2,3)4/h7-11H,5-6H2,1-4H3/t8-,10-,11-/m1/s1. The SMILES string of the molecule is C[C@@H]1[C@@H](C=O)[C@H]1C1CN(C(=O)OC(C)(C)C)C1. The Morgan fingerprint density at radius 2 is 1.94 bits per heavy atom. The minimum Gasteiger partial charge on any atom is -0.444 e. The van der Waals surface area contributed by atoms with Gasteiger partial charge in [-0.25, -0.2) is 4.79 Å². The molecule has 2 aliphatic rings. The molecule has 4 heteroatoms. The Bertz CT molecular complexity index is 328. The Balaban J connectivity index is 1.76. The molecule has 0 spiro atoms. The van der Waals surface area contributed by atoms with E-state index >= 15 is 0 Å². The molecule has 0 bridgehead atoms. The quantitative estimate of drug-likeness (QED) is 0.692. The molecule has 17 heavy (non-hydrogen) atoms. The summed E-state index contributed by atoms with van der Waals surface area (Å²) in [6.07, 6.45) is 0.829. The molecule has 3 atom stereocenters. The highest BCUT2D eigenvalue weighted by atomic mass is 16.6. The van der Waals surface area contributed by atoms with Gasteiger partial charge >= 0.3 is 6.09 Å². The molecule has 96 valence electrons. The van der Waals surface area contributed by atoms with Crippen LogP contribution in [0.15, 0.2) is 0 Å². The second kappa shape index (κ2) is 4.00. The molecule has 1 amide bonds. The molecule has 1 aliphatic carbocycles. The number of rotatable bonds is 2. The monoisotopic (exact) mass is 239 g/mol. The number of carbonyl (C=O) groups is 2. The molecule has 0 N–H and O–H groups in total. The Labute approximate surface area is 102 Å². The van der Waals surface area contributed by atoms with Gasteiger partial charge in [-0.05, 0) is 38.5 Å². The smallest absolute Gasteiger partial charge is 0.410 e. The van der Waals surface area contributed by atoms with Crippen LogP contribution in [0.25, 0.3) is 0 Å². The zero-order chi connectivity index (χ0) is 12.8. The highest BCUT2D eigenvalue weighted by Crippen LogP contribution is 2.51. The summed E-state index contributed by atoms with van der Waals surface area (Å²) < 4.78 is 5.29. The average Bonchev–Trinajstić information content (AvgIpc) is 2.70. The number of ether oxygens (including phenoxy) is 1. The molecule has 2 fully saturated rings. The maximum atomic E-state index is 11.7. The van der Waals surface area contributed by atoms with E-state index in [9.17, 15) is 9.59 Å². The molecular formula is C13H21NO3. The first-order valence-corrected chi connectivity index (χ1v) is 6.26. The van der Waals surface area contributed by atoms with E-state index in [0.29, 0.717) is 17.8 Å². The lowest BCUT2D eigenvalue weighted by Gasteiger charge is -2.40. The molecule has 2 rings (SSSR count). The van der Waals surface area contributed by atoms with Crippen LogP contribution in [-0.2, 0) is 9.53 Å². The van der Waals surface area contributed by atoms with Crippen molar-refractivity contribution in [1.82, 2.24) is 4.90 Å². The number of hydrogen-bond acceptors (Lipinski definition) is 3. The van der Waals surface area contributed by atoms with E-state index < -0.39 is 5.60 Å². The Morgan fingerprint density at radius 3 is 2.35 bits per heavy atom. The fourth-order valence-corrected chi connectivity index (χ4v) is 2.72. The molecule has 1 saturated carbocycles. The lowest BCUT2D eigenvalue weighted by molar-refractivity contribution is -0.109. The summed E-state index contributed by atoms with van der Waals surface area (Å²) in [6, 6.07) is 0. The predicted molar refractivity (Wildman–Crippen MR) is 63.5 cm³/mol. The van der Waals surface area contributed by atoms with Gasteiger partial charge in [0.05, 0.1) is 0 Å². The van der Waals surface area contributed by atoms with Crippen molar-refractivity contribution in [2.45, 2.75) is 33.3 Å². The first kappa shape index (κ1) is 12.4. The van der Waals surface area contributed by atoms with Crippen LogP contribution >= 0.6 is 0 Å². The maximum Gasteiger partial charge on any atom is 0.410 e. The molecule has 0 unspecified atom stereocenters. The van der Waals surface area contributed by atoms with Crippen LogP contribution in [-0.4, -0.2) is 36.0 Å². The van der Waals surface area contributed by atoms with Gasteiger partial charge in [-0.15, -0.1) is 0 Å². The van der Waals surface area contributed by atoms with Crippen molar-refractivity contribution >= 4 is 12.4 Å². The fourth-order valence-electron chi connectivity index (χ4n) is 2.72. The summed E-state index contributed by atoms with van der Waals surface area (Å²) in [5, 5.41) is 0. The minimum absolute atomic E-state index is 0.223. The number of hydrogen-bond donors (Lipinski definition) is 0. The molecule has 0 radical (unpaired) electrons. The van der Waals surface area contributed by atoms with Crippen LogP contribution in [0.1, 0.15) is 27.7 Å². The number of amides is 1. The Morgan fingerprint density at radius 1 is 1.35 bits per heavy atom. The first-order valence-electron chi connectivity index (χ1n) is 6.26. The van der Waals surface area contributed by atoms with Crippen molar-refractivity contribution in [3.05, 3.63) is 0 Å². The van der Waals surface area contributed by atoms with Gasteiger partial charge in [0.1, 0.15) is 11.9 Å². The second-order valence-corrected chi connectivity index (χ2v) is 6.30. The molecule has 4 nitrogen and oxygen atoms in total. The van der Waals surface area contributed by atoms with Crippen molar-refractivity contribution in [3.63, 3.8) is 0 Å². The van der Waals surface area contributed by atoms with E-state index in [4.69, 9.17) is 4.74 Å².